The highest BCUT2D eigenvalue weighted by Crippen LogP contribution is 2.22. The number of aliphatic hydroxyl groups is 1. The predicted octanol–water partition coefficient (Wildman–Crippen LogP) is 0.842. The van der Waals surface area contributed by atoms with Crippen molar-refractivity contribution in [2.45, 2.75) is 12.5 Å². The average molecular weight is 273 g/mol. The van der Waals surface area contributed by atoms with Crippen LogP contribution in [0.15, 0.2) is 21.2 Å². The zero-order valence-electron chi connectivity index (χ0n) is 7.96. The molecule has 2 aromatic heterocycles. The maximum absolute atomic E-state index is 9.76. The normalized spacial score (nSPS) is 13.0. The van der Waals surface area contributed by atoms with Gasteiger partial charge in [-0.25, -0.2) is 0 Å². The van der Waals surface area contributed by atoms with E-state index in [0.29, 0.717) is 16.3 Å². The van der Waals surface area contributed by atoms with Gasteiger partial charge in [0.2, 0.25) is 0 Å². The summed E-state index contributed by atoms with van der Waals surface area (Å²) in [6.07, 6.45) is -0.464. The highest BCUT2D eigenvalue weighted by atomic mass is 79.9. The Bertz CT molecular complexity index is 453. The van der Waals surface area contributed by atoms with Crippen molar-refractivity contribution in [2.75, 3.05) is 0 Å². The Morgan fingerprint density at radius 2 is 2.40 bits per heavy atom. The molecule has 80 valence electrons. The molecule has 0 spiro atoms. The molecule has 0 bridgehead atoms. The standard InChI is InChI=1S/C8H9BrN4O2/c1-13-11-8(10-12-13)4-5(14)6-2-3-7(9)15-6/h2-3,5,14H,4H2,1H3. The van der Waals surface area contributed by atoms with Gasteiger partial charge >= 0.3 is 0 Å². The maximum atomic E-state index is 9.76. The van der Waals surface area contributed by atoms with E-state index in [9.17, 15) is 5.11 Å². The van der Waals surface area contributed by atoms with Gasteiger partial charge in [0.15, 0.2) is 10.5 Å². The average Bonchev–Trinajstić information content (AvgIpc) is 2.75. The lowest BCUT2D eigenvalue weighted by molar-refractivity contribution is 0.146. The fraction of sp³-hybridized carbons (Fsp3) is 0.375. The van der Waals surface area contributed by atoms with Gasteiger partial charge in [0.25, 0.3) is 0 Å². The van der Waals surface area contributed by atoms with E-state index < -0.39 is 6.10 Å². The Kier molecular flexibility index (Phi) is 2.83. The fourth-order valence-electron chi connectivity index (χ4n) is 1.19. The molecule has 0 aliphatic carbocycles. The number of aryl methyl sites for hydroxylation is 1. The maximum Gasteiger partial charge on any atom is 0.177 e. The number of tetrazole rings is 1. The Labute approximate surface area is 94.0 Å². The van der Waals surface area contributed by atoms with Gasteiger partial charge in [-0.05, 0) is 33.3 Å². The van der Waals surface area contributed by atoms with E-state index in [1.165, 1.54) is 4.80 Å². The molecule has 0 amide bonds. The summed E-state index contributed by atoms with van der Waals surface area (Å²) in [4.78, 5) is 1.35. The number of halogens is 1. The molecule has 2 aromatic rings. The molecule has 0 aromatic carbocycles. The molecule has 1 N–H and O–H groups in total. The first-order valence-corrected chi connectivity index (χ1v) is 5.10. The number of nitrogens with zero attached hydrogens (tertiary/aromatic N) is 4. The lowest BCUT2D eigenvalue weighted by Crippen LogP contribution is -2.02. The number of hydrogen-bond donors (Lipinski definition) is 1. The van der Waals surface area contributed by atoms with Gasteiger partial charge in [-0.2, -0.15) is 4.80 Å². The molecule has 2 rings (SSSR count). The van der Waals surface area contributed by atoms with Crippen LogP contribution in [0.4, 0.5) is 0 Å². The van der Waals surface area contributed by atoms with E-state index in [1.54, 1.807) is 19.2 Å². The van der Waals surface area contributed by atoms with Crippen LogP contribution in [-0.4, -0.2) is 25.3 Å². The summed E-state index contributed by atoms with van der Waals surface area (Å²) in [5, 5.41) is 21.2. The highest BCUT2D eigenvalue weighted by Gasteiger charge is 2.15. The molecule has 15 heavy (non-hydrogen) atoms. The highest BCUT2D eigenvalue weighted by molar-refractivity contribution is 9.10. The van der Waals surface area contributed by atoms with Crippen molar-refractivity contribution < 1.29 is 9.52 Å². The number of furan rings is 1. The van der Waals surface area contributed by atoms with Crippen LogP contribution < -0.4 is 0 Å². The van der Waals surface area contributed by atoms with Crippen molar-refractivity contribution >= 4 is 15.9 Å². The third-order valence-electron chi connectivity index (χ3n) is 1.85. The number of rotatable bonds is 3. The van der Waals surface area contributed by atoms with Crippen molar-refractivity contribution in [3.8, 4) is 0 Å². The molecule has 0 aliphatic rings. The van der Waals surface area contributed by atoms with Crippen molar-refractivity contribution in [3.63, 3.8) is 0 Å². The minimum absolute atomic E-state index is 0.286. The zero-order valence-corrected chi connectivity index (χ0v) is 9.55. The van der Waals surface area contributed by atoms with Gasteiger partial charge in [0.05, 0.1) is 7.05 Å². The van der Waals surface area contributed by atoms with Gasteiger partial charge in [-0.15, -0.1) is 10.2 Å². The van der Waals surface area contributed by atoms with E-state index in [1.807, 2.05) is 0 Å². The topological polar surface area (TPSA) is 77.0 Å². The smallest absolute Gasteiger partial charge is 0.177 e. The first kappa shape index (κ1) is 10.3. The van der Waals surface area contributed by atoms with Crippen LogP contribution in [0.25, 0.3) is 0 Å². The SMILES string of the molecule is Cn1nnc(CC(O)c2ccc(Br)o2)n1. The summed E-state index contributed by atoms with van der Waals surface area (Å²) in [6.45, 7) is 0. The van der Waals surface area contributed by atoms with Crippen molar-refractivity contribution in [1.29, 1.82) is 0 Å². The van der Waals surface area contributed by atoms with Crippen LogP contribution in [0.5, 0.6) is 0 Å². The Morgan fingerprint density at radius 1 is 1.60 bits per heavy atom. The summed E-state index contributed by atoms with van der Waals surface area (Å²) in [5.41, 5.74) is 0. The van der Waals surface area contributed by atoms with E-state index in [0.717, 1.165) is 0 Å². The molecule has 6 nitrogen and oxygen atoms in total. The molecule has 1 atom stereocenters. The Hall–Kier alpha value is -1.21. The number of hydrogen-bond acceptors (Lipinski definition) is 5. The molecule has 7 heteroatoms. The second-order valence-corrected chi connectivity index (χ2v) is 3.84. The van der Waals surface area contributed by atoms with Crippen molar-refractivity contribution in [2.24, 2.45) is 7.05 Å². The molecule has 0 saturated heterocycles. The minimum Gasteiger partial charge on any atom is -0.452 e. The van der Waals surface area contributed by atoms with Gasteiger partial charge in [0, 0.05) is 6.42 Å². The van der Waals surface area contributed by atoms with Gasteiger partial charge in [-0.3, -0.25) is 0 Å². The summed E-state index contributed by atoms with van der Waals surface area (Å²) in [7, 11) is 1.67. The monoisotopic (exact) mass is 272 g/mol. The zero-order chi connectivity index (χ0) is 10.8. The molecule has 0 aliphatic heterocycles. The first-order valence-electron chi connectivity index (χ1n) is 4.31. The van der Waals surface area contributed by atoms with E-state index in [-0.39, 0.29) is 6.42 Å². The predicted molar refractivity (Wildman–Crippen MR) is 53.9 cm³/mol. The van der Waals surface area contributed by atoms with Crippen LogP contribution in [-0.2, 0) is 13.5 Å². The van der Waals surface area contributed by atoms with Crippen molar-refractivity contribution in [1.82, 2.24) is 20.2 Å². The van der Waals surface area contributed by atoms with Crippen LogP contribution in [0, 0.1) is 0 Å². The molecular weight excluding hydrogens is 264 g/mol. The van der Waals surface area contributed by atoms with Gasteiger partial charge < -0.3 is 9.52 Å². The second-order valence-electron chi connectivity index (χ2n) is 3.06. The molecule has 2 heterocycles. The molecular formula is C8H9BrN4O2. The van der Waals surface area contributed by atoms with Crippen LogP contribution in [0.2, 0.25) is 0 Å². The summed E-state index contributed by atoms with van der Waals surface area (Å²) >= 11 is 3.16. The molecule has 1 unspecified atom stereocenters. The largest absolute Gasteiger partial charge is 0.452 e. The third kappa shape index (κ3) is 2.42. The van der Waals surface area contributed by atoms with E-state index >= 15 is 0 Å². The van der Waals surface area contributed by atoms with Crippen molar-refractivity contribution in [3.05, 3.63) is 28.4 Å². The second kappa shape index (κ2) is 4.11. The fourth-order valence-corrected chi connectivity index (χ4v) is 1.51. The molecule has 0 fully saturated rings. The summed E-state index contributed by atoms with van der Waals surface area (Å²) in [6, 6.07) is 3.42. The first-order chi connectivity index (χ1) is 7.15. The minimum atomic E-state index is -0.750. The number of aromatic nitrogens is 4. The van der Waals surface area contributed by atoms with Gasteiger partial charge in [0.1, 0.15) is 11.9 Å². The summed E-state index contributed by atoms with van der Waals surface area (Å²) < 4.78 is 5.79. The summed E-state index contributed by atoms with van der Waals surface area (Å²) in [5.74, 6) is 0.965. The quantitative estimate of drug-likeness (QED) is 0.896. The van der Waals surface area contributed by atoms with Gasteiger partial charge in [-0.1, -0.05) is 0 Å². The van der Waals surface area contributed by atoms with Crippen LogP contribution in [0.3, 0.4) is 0 Å². The Morgan fingerprint density at radius 3 is 2.93 bits per heavy atom. The third-order valence-corrected chi connectivity index (χ3v) is 2.27. The number of aliphatic hydroxyl groups excluding tert-OH is 1. The molecule has 0 saturated carbocycles. The lowest BCUT2D eigenvalue weighted by Gasteiger charge is -2.03. The van der Waals surface area contributed by atoms with Crippen LogP contribution in [0.1, 0.15) is 17.7 Å². The van der Waals surface area contributed by atoms with Crippen LogP contribution >= 0.6 is 15.9 Å². The molecule has 0 radical (unpaired) electrons. The van der Waals surface area contributed by atoms with E-state index in [2.05, 4.69) is 31.3 Å². The lowest BCUT2D eigenvalue weighted by atomic mass is 10.2. The Balaban J connectivity index is 2.06. The van der Waals surface area contributed by atoms with E-state index in [4.69, 9.17) is 4.42 Å².